The minimum Gasteiger partial charge on any atom is -0.374 e. The van der Waals surface area contributed by atoms with E-state index < -0.39 is 11.6 Å². The predicted molar refractivity (Wildman–Crippen MR) is 91.4 cm³/mol. The van der Waals surface area contributed by atoms with Gasteiger partial charge in [-0.25, -0.2) is 13.8 Å². The summed E-state index contributed by atoms with van der Waals surface area (Å²) in [6, 6.07) is 12.2. The molecule has 0 spiro atoms. The first-order valence-electron chi connectivity index (χ1n) is 8.17. The van der Waals surface area contributed by atoms with E-state index in [0.29, 0.717) is 30.0 Å². The van der Waals surface area contributed by atoms with Crippen molar-refractivity contribution in [2.24, 2.45) is 0 Å². The first kappa shape index (κ1) is 15.9. The van der Waals surface area contributed by atoms with E-state index in [-0.39, 0.29) is 12.1 Å². The van der Waals surface area contributed by atoms with E-state index in [0.717, 1.165) is 17.7 Å². The zero-order valence-electron chi connectivity index (χ0n) is 13.7. The van der Waals surface area contributed by atoms with E-state index >= 15 is 0 Å². The lowest BCUT2D eigenvalue weighted by molar-refractivity contribution is 0.0300. The fourth-order valence-electron chi connectivity index (χ4n) is 3.14. The predicted octanol–water partition coefficient (Wildman–Crippen LogP) is 3.87. The number of halogens is 2. The third kappa shape index (κ3) is 3.05. The Hall–Kier alpha value is -2.60. The molecule has 0 N–H and O–H groups in total. The van der Waals surface area contributed by atoms with Crippen molar-refractivity contribution < 1.29 is 13.5 Å². The van der Waals surface area contributed by atoms with Crippen molar-refractivity contribution in [3.8, 4) is 0 Å². The molecule has 128 valence electrons. The van der Waals surface area contributed by atoms with Crippen molar-refractivity contribution in [2.75, 3.05) is 18.1 Å². The molecule has 0 radical (unpaired) electrons. The molecule has 1 saturated heterocycles. The van der Waals surface area contributed by atoms with Crippen molar-refractivity contribution in [1.29, 1.82) is 0 Å². The van der Waals surface area contributed by atoms with Crippen LogP contribution < -0.4 is 4.90 Å². The standard InChI is InChI=1S/C19H17F2N3O/c1-12-10-24(18(11-25-12)13-5-3-2-4-6-13)19-9-22-16-7-14(20)15(21)8-17(16)23-19/h2-9,12,18H,10-11H2,1H3/t12-,18+/m1/s1. The summed E-state index contributed by atoms with van der Waals surface area (Å²) in [6.45, 7) is 3.17. The molecule has 3 aromatic rings. The number of fused-ring (bicyclic) bond motifs is 1. The van der Waals surface area contributed by atoms with Crippen LogP contribution in [-0.4, -0.2) is 29.2 Å². The summed E-state index contributed by atoms with van der Waals surface area (Å²) < 4.78 is 32.7. The van der Waals surface area contributed by atoms with Crippen molar-refractivity contribution >= 4 is 16.9 Å². The molecule has 1 fully saturated rings. The van der Waals surface area contributed by atoms with Crippen LogP contribution in [0.5, 0.6) is 0 Å². The molecule has 4 rings (SSSR count). The van der Waals surface area contributed by atoms with Gasteiger partial charge in [0.05, 0.1) is 36.0 Å². The van der Waals surface area contributed by atoms with E-state index in [1.54, 1.807) is 6.20 Å². The molecule has 25 heavy (non-hydrogen) atoms. The maximum absolute atomic E-state index is 13.5. The molecule has 4 nitrogen and oxygen atoms in total. The highest BCUT2D eigenvalue weighted by Crippen LogP contribution is 2.31. The first-order chi connectivity index (χ1) is 12.1. The van der Waals surface area contributed by atoms with Crippen LogP contribution in [0.15, 0.2) is 48.7 Å². The highest BCUT2D eigenvalue weighted by Gasteiger charge is 2.29. The molecule has 2 atom stereocenters. The second-order valence-corrected chi connectivity index (χ2v) is 6.21. The van der Waals surface area contributed by atoms with Gasteiger partial charge in [-0.2, -0.15) is 0 Å². The maximum atomic E-state index is 13.5. The molecular formula is C19H17F2N3O. The van der Waals surface area contributed by atoms with Crippen LogP contribution in [0.3, 0.4) is 0 Å². The monoisotopic (exact) mass is 341 g/mol. The Balaban J connectivity index is 1.76. The highest BCUT2D eigenvalue weighted by atomic mass is 19.2. The largest absolute Gasteiger partial charge is 0.374 e. The van der Waals surface area contributed by atoms with Crippen molar-refractivity contribution in [3.63, 3.8) is 0 Å². The average molecular weight is 341 g/mol. The van der Waals surface area contributed by atoms with Gasteiger partial charge in [-0.3, -0.25) is 4.98 Å². The van der Waals surface area contributed by atoms with Gasteiger partial charge in [0.25, 0.3) is 0 Å². The number of rotatable bonds is 2. The Morgan fingerprint density at radius 3 is 2.56 bits per heavy atom. The van der Waals surface area contributed by atoms with Gasteiger partial charge in [0.2, 0.25) is 0 Å². The number of ether oxygens (including phenoxy) is 1. The number of benzene rings is 2. The summed E-state index contributed by atoms with van der Waals surface area (Å²) in [4.78, 5) is 10.9. The summed E-state index contributed by atoms with van der Waals surface area (Å²) in [5.74, 6) is -1.21. The maximum Gasteiger partial charge on any atom is 0.161 e. The molecule has 0 amide bonds. The van der Waals surface area contributed by atoms with Crippen LogP contribution in [0.25, 0.3) is 11.0 Å². The Labute approximate surface area is 144 Å². The Morgan fingerprint density at radius 2 is 1.80 bits per heavy atom. The Kier molecular flexibility index (Phi) is 4.05. The Bertz CT molecular complexity index is 904. The van der Waals surface area contributed by atoms with Gasteiger partial charge in [0, 0.05) is 18.7 Å². The van der Waals surface area contributed by atoms with Crippen LogP contribution in [-0.2, 0) is 4.74 Å². The third-order valence-corrected chi connectivity index (χ3v) is 4.42. The van der Waals surface area contributed by atoms with Crippen LogP contribution >= 0.6 is 0 Å². The van der Waals surface area contributed by atoms with E-state index in [2.05, 4.69) is 14.9 Å². The quantitative estimate of drug-likeness (QED) is 0.709. The molecule has 2 aromatic carbocycles. The van der Waals surface area contributed by atoms with Crippen molar-refractivity contribution in [1.82, 2.24) is 9.97 Å². The smallest absolute Gasteiger partial charge is 0.161 e. The van der Waals surface area contributed by atoms with Gasteiger partial charge in [-0.15, -0.1) is 0 Å². The number of morpholine rings is 1. The van der Waals surface area contributed by atoms with Gasteiger partial charge < -0.3 is 9.64 Å². The van der Waals surface area contributed by atoms with E-state index in [1.165, 1.54) is 0 Å². The van der Waals surface area contributed by atoms with Crippen molar-refractivity contribution in [3.05, 3.63) is 65.9 Å². The van der Waals surface area contributed by atoms with E-state index in [9.17, 15) is 8.78 Å². The zero-order chi connectivity index (χ0) is 17.4. The highest BCUT2D eigenvalue weighted by molar-refractivity contribution is 5.75. The van der Waals surface area contributed by atoms with Gasteiger partial charge >= 0.3 is 0 Å². The Morgan fingerprint density at radius 1 is 1.08 bits per heavy atom. The third-order valence-electron chi connectivity index (χ3n) is 4.42. The normalized spacial score (nSPS) is 20.8. The number of hydrogen-bond acceptors (Lipinski definition) is 4. The summed E-state index contributed by atoms with van der Waals surface area (Å²) >= 11 is 0. The molecule has 0 aliphatic carbocycles. The first-order valence-corrected chi connectivity index (χ1v) is 8.17. The van der Waals surface area contributed by atoms with Crippen molar-refractivity contribution in [2.45, 2.75) is 19.1 Å². The molecule has 0 unspecified atom stereocenters. The summed E-state index contributed by atoms with van der Waals surface area (Å²) in [5, 5.41) is 0. The van der Waals surface area contributed by atoms with Gasteiger partial charge in [0.1, 0.15) is 5.82 Å². The molecule has 0 bridgehead atoms. The van der Waals surface area contributed by atoms with Crippen LogP contribution in [0.4, 0.5) is 14.6 Å². The minimum atomic E-state index is -0.922. The summed E-state index contributed by atoms with van der Waals surface area (Å²) in [5.41, 5.74) is 1.78. The number of aromatic nitrogens is 2. The fourth-order valence-corrected chi connectivity index (χ4v) is 3.14. The van der Waals surface area contributed by atoms with Gasteiger partial charge in [0.15, 0.2) is 11.6 Å². The van der Waals surface area contributed by atoms with Crippen LogP contribution in [0, 0.1) is 11.6 Å². The van der Waals surface area contributed by atoms with Crippen LogP contribution in [0.1, 0.15) is 18.5 Å². The lowest BCUT2D eigenvalue weighted by Crippen LogP contribution is -2.44. The molecular weight excluding hydrogens is 324 g/mol. The second-order valence-electron chi connectivity index (χ2n) is 6.21. The fraction of sp³-hybridized carbons (Fsp3) is 0.263. The molecule has 1 aliphatic rings. The average Bonchev–Trinajstić information content (AvgIpc) is 2.63. The molecule has 6 heteroatoms. The zero-order valence-corrected chi connectivity index (χ0v) is 13.7. The number of hydrogen-bond donors (Lipinski definition) is 0. The summed E-state index contributed by atoms with van der Waals surface area (Å²) in [6.07, 6.45) is 1.65. The minimum absolute atomic E-state index is 0.00514. The van der Waals surface area contributed by atoms with Gasteiger partial charge in [-0.1, -0.05) is 30.3 Å². The molecule has 2 heterocycles. The second kappa shape index (κ2) is 6.37. The molecule has 0 saturated carbocycles. The lowest BCUT2D eigenvalue weighted by Gasteiger charge is -2.39. The SMILES string of the molecule is C[C@@H]1CN(c2cnc3cc(F)c(F)cc3n2)[C@H](c2ccccc2)CO1. The topological polar surface area (TPSA) is 38.2 Å². The number of nitrogens with zero attached hydrogens (tertiary/aromatic N) is 3. The number of anilines is 1. The summed E-state index contributed by atoms with van der Waals surface area (Å²) in [7, 11) is 0. The molecule has 1 aliphatic heterocycles. The van der Waals surface area contributed by atoms with Crippen LogP contribution in [0.2, 0.25) is 0 Å². The van der Waals surface area contributed by atoms with E-state index in [4.69, 9.17) is 4.74 Å². The van der Waals surface area contributed by atoms with Gasteiger partial charge in [-0.05, 0) is 12.5 Å². The lowest BCUT2D eigenvalue weighted by atomic mass is 10.0. The molecule has 1 aromatic heterocycles. The van der Waals surface area contributed by atoms with E-state index in [1.807, 2.05) is 37.3 Å².